The average Bonchev–Trinajstić information content (AvgIpc) is 2.82. The van der Waals surface area contributed by atoms with Crippen LogP contribution in [-0.4, -0.2) is 12.1 Å². The van der Waals surface area contributed by atoms with Crippen LogP contribution in [0.5, 0.6) is 0 Å². The topological polar surface area (TPSA) is 48.5 Å². The van der Waals surface area contributed by atoms with Gasteiger partial charge in [0.05, 0.1) is 6.21 Å². The molecule has 1 aromatic carbocycles. The molecular formula is C16H17Cl2N3. The maximum Gasteiger partial charge on any atom is 0.210 e. The van der Waals surface area contributed by atoms with Crippen molar-refractivity contribution in [1.82, 2.24) is 0 Å². The summed E-state index contributed by atoms with van der Waals surface area (Å²) in [5.41, 5.74) is -0.420. The fourth-order valence-corrected chi connectivity index (χ4v) is 2.66. The molecule has 1 heterocycles. The summed E-state index contributed by atoms with van der Waals surface area (Å²) < 4.78 is 0. The summed E-state index contributed by atoms with van der Waals surface area (Å²) in [4.78, 5) is 8.88. The maximum atomic E-state index is 9.60. The Balaban J connectivity index is 2.40. The average molecular weight is 322 g/mol. The molecule has 1 aliphatic rings. The number of rotatable bonds is 4. The fourth-order valence-electron chi connectivity index (χ4n) is 2.11. The minimum Gasteiger partial charge on any atom is -0.242 e. The van der Waals surface area contributed by atoms with Crippen LogP contribution in [-0.2, 0) is 5.54 Å². The van der Waals surface area contributed by atoms with Gasteiger partial charge in [-0.2, -0.15) is 5.26 Å². The lowest BCUT2D eigenvalue weighted by Gasteiger charge is -2.21. The third kappa shape index (κ3) is 3.28. The summed E-state index contributed by atoms with van der Waals surface area (Å²) in [5.74, 6) is 0.689. The van der Waals surface area contributed by atoms with Crippen molar-refractivity contribution < 1.29 is 0 Å². The molecule has 1 aliphatic heterocycles. The highest BCUT2D eigenvalue weighted by Gasteiger charge is 2.37. The fraction of sp³-hybridized carbons (Fsp3) is 0.438. The van der Waals surface area contributed by atoms with Crippen molar-refractivity contribution in [3.63, 3.8) is 0 Å². The van der Waals surface area contributed by atoms with Crippen LogP contribution in [0.15, 0.2) is 28.2 Å². The van der Waals surface area contributed by atoms with Gasteiger partial charge in [-0.15, -0.1) is 0 Å². The quantitative estimate of drug-likeness (QED) is 0.767. The number of benzene rings is 1. The second-order valence-corrected chi connectivity index (χ2v) is 6.83. The van der Waals surface area contributed by atoms with Gasteiger partial charge in [0.1, 0.15) is 11.9 Å². The van der Waals surface area contributed by atoms with Gasteiger partial charge >= 0.3 is 0 Å². The summed E-state index contributed by atoms with van der Waals surface area (Å²) in [6.07, 6.45) is 3.32. The molecule has 1 atom stereocenters. The van der Waals surface area contributed by atoms with E-state index in [1.165, 1.54) is 0 Å². The number of halogens is 2. The lowest BCUT2D eigenvalue weighted by molar-refractivity contribution is 0.367. The first-order chi connectivity index (χ1) is 9.82. The molecule has 0 bridgehead atoms. The Kier molecular flexibility index (Phi) is 4.41. The van der Waals surface area contributed by atoms with E-state index >= 15 is 0 Å². The summed E-state index contributed by atoms with van der Waals surface area (Å²) in [6.45, 7) is 6.45. The Morgan fingerprint density at radius 3 is 2.62 bits per heavy atom. The first kappa shape index (κ1) is 16.0. The van der Waals surface area contributed by atoms with E-state index in [0.717, 1.165) is 12.8 Å². The Bertz CT molecular complexity index is 656. The largest absolute Gasteiger partial charge is 0.242 e. The standard InChI is InChI=1S/C16H17Cl2N3/c1-4-15(2,3)8-14-20-10-16(9-19,21-14)12-6-5-11(17)7-13(12)18/h5-7,10H,4,8H2,1-3H3. The second-order valence-electron chi connectivity index (χ2n) is 5.98. The number of nitriles is 1. The predicted molar refractivity (Wildman–Crippen MR) is 88.4 cm³/mol. The van der Waals surface area contributed by atoms with Crippen molar-refractivity contribution in [3.05, 3.63) is 33.8 Å². The molecule has 0 N–H and O–H groups in total. The van der Waals surface area contributed by atoms with E-state index in [0.29, 0.717) is 21.4 Å². The van der Waals surface area contributed by atoms with Crippen molar-refractivity contribution in [1.29, 1.82) is 5.26 Å². The van der Waals surface area contributed by atoms with E-state index in [4.69, 9.17) is 23.2 Å². The summed E-state index contributed by atoms with van der Waals surface area (Å²) in [5, 5.41) is 10.6. The molecule has 1 unspecified atom stereocenters. The van der Waals surface area contributed by atoms with Crippen LogP contribution in [0.2, 0.25) is 10.0 Å². The zero-order valence-electron chi connectivity index (χ0n) is 12.3. The highest BCUT2D eigenvalue weighted by atomic mass is 35.5. The molecule has 0 aliphatic carbocycles. The summed E-state index contributed by atoms with van der Waals surface area (Å²) >= 11 is 12.1. The van der Waals surface area contributed by atoms with Gasteiger partial charge in [0.2, 0.25) is 5.54 Å². The Labute approximate surface area is 135 Å². The van der Waals surface area contributed by atoms with Gasteiger partial charge in [-0.1, -0.05) is 56.5 Å². The van der Waals surface area contributed by atoms with Gasteiger partial charge < -0.3 is 0 Å². The van der Waals surface area contributed by atoms with E-state index in [-0.39, 0.29) is 5.41 Å². The number of amidine groups is 1. The van der Waals surface area contributed by atoms with Gasteiger partial charge in [0, 0.05) is 22.0 Å². The van der Waals surface area contributed by atoms with Crippen LogP contribution in [0.4, 0.5) is 0 Å². The third-order valence-corrected chi connectivity index (χ3v) is 4.36. The van der Waals surface area contributed by atoms with Crippen LogP contribution in [0, 0.1) is 16.7 Å². The lowest BCUT2D eigenvalue weighted by atomic mass is 9.86. The zero-order chi connectivity index (χ0) is 15.7. The Morgan fingerprint density at radius 2 is 2.05 bits per heavy atom. The van der Waals surface area contributed by atoms with Gasteiger partial charge in [-0.05, 0) is 17.5 Å². The molecule has 0 radical (unpaired) electrons. The molecule has 5 heteroatoms. The van der Waals surface area contributed by atoms with E-state index < -0.39 is 5.54 Å². The van der Waals surface area contributed by atoms with Crippen LogP contribution < -0.4 is 0 Å². The lowest BCUT2D eigenvalue weighted by Crippen LogP contribution is -2.22. The minimum absolute atomic E-state index is 0.103. The molecular weight excluding hydrogens is 305 g/mol. The number of hydrogen-bond acceptors (Lipinski definition) is 3. The van der Waals surface area contributed by atoms with Crippen LogP contribution in [0.25, 0.3) is 0 Å². The third-order valence-electron chi connectivity index (χ3n) is 3.81. The molecule has 21 heavy (non-hydrogen) atoms. The zero-order valence-corrected chi connectivity index (χ0v) is 13.8. The van der Waals surface area contributed by atoms with E-state index in [1.54, 1.807) is 24.4 Å². The minimum atomic E-state index is -1.14. The monoisotopic (exact) mass is 321 g/mol. The number of aliphatic imine (C=N–C) groups is 2. The molecule has 0 aromatic heterocycles. The van der Waals surface area contributed by atoms with Crippen molar-refractivity contribution in [3.8, 4) is 6.07 Å². The van der Waals surface area contributed by atoms with E-state index in [9.17, 15) is 5.26 Å². The Morgan fingerprint density at radius 1 is 1.33 bits per heavy atom. The van der Waals surface area contributed by atoms with Crippen molar-refractivity contribution in [2.45, 2.75) is 39.2 Å². The molecule has 0 saturated heterocycles. The van der Waals surface area contributed by atoms with Gasteiger partial charge in [0.25, 0.3) is 0 Å². The molecule has 0 fully saturated rings. The van der Waals surface area contributed by atoms with Crippen molar-refractivity contribution >= 4 is 35.3 Å². The predicted octanol–water partition coefficient (Wildman–Crippen LogP) is 5.02. The van der Waals surface area contributed by atoms with Crippen molar-refractivity contribution in [2.24, 2.45) is 15.4 Å². The van der Waals surface area contributed by atoms with Crippen LogP contribution >= 0.6 is 23.2 Å². The van der Waals surface area contributed by atoms with Crippen molar-refractivity contribution in [2.75, 3.05) is 0 Å². The highest BCUT2D eigenvalue weighted by molar-refractivity contribution is 6.35. The molecule has 2 rings (SSSR count). The summed E-state index contributed by atoms with van der Waals surface area (Å²) in [7, 11) is 0. The summed E-state index contributed by atoms with van der Waals surface area (Å²) in [6, 6.07) is 7.28. The van der Waals surface area contributed by atoms with Gasteiger partial charge in [-0.25, -0.2) is 9.98 Å². The van der Waals surface area contributed by atoms with E-state index in [2.05, 4.69) is 36.8 Å². The SMILES string of the molecule is CCC(C)(C)CC1=NC(C#N)(c2ccc(Cl)cc2Cl)C=N1. The van der Waals surface area contributed by atoms with E-state index in [1.807, 2.05) is 0 Å². The molecule has 0 spiro atoms. The number of hydrogen-bond donors (Lipinski definition) is 0. The molecule has 3 nitrogen and oxygen atoms in total. The van der Waals surface area contributed by atoms with Gasteiger partial charge in [0.15, 0.2) is 0 Å². The Hall–Kier alpha value is -1.37. The van der Waals surface area contributed by atoms with Crippen LogP contribution in [0.3, 0.4) is 0 Å². The first-order valence-corrected chi connectivity index (χ1v) is 7.58. The molecule has 110 valence electrons. The molecule has 0 saturated carbocycles. The first-order valence-electron chi connectivity index (χ1n) is 6.83. The second kappa shape index (κ2) is 5.79. The van der Waals surface area contributed by atoms with Crippen LogP contribution in [0.1, 0.15) is 39.2 Å². The van der Waals surface area contributed by atoms with Gasteiger partial charge in [-0.3, -0.25) is 0 Å². The normalized spacial score (nSPS) is 21.2. The molecule has 0 amide bonds. The maximum absolute atomic E-state index is 9.60. The smallest absolute Gasteiger partial charge is 0.210 e. The highest BCUT2D eigenvalue weighted by Crippen LogP contribution is 2.36. The number of nitrogens with zero attached hydrogens (tertiary/aromatic N) is 3. The molecule has 1 aromatic rings.